The van der Waals surface area contributed by atoms with Gasteiger partial charge in [0.15, 0.2) is 0 Å². The number of halogens is 1. The van der Waals surface area contributed by atoms with Crippen LogP contribution in [0.25, 0.3) is 0 Å². The fraction of sp³-hybridized carbons (Fsp3) is 0.455. The highest BCUT2D eigenvalue weighted by Gasteiger charge is 2.29. The first-order valence-electron chi connectivity index (χ1n) is 4.93. The lowest BCUT2D eigenvalue weighted by Gasteiger charge is -2.38. The number of hydrogen-bond donors (Lipinski definition) is 1. The first-order valence-corrected chi connectivity index (χ1v) is 6.19. The lowest BCUT2D eigenvalue weighted by Crippen LogP contribution is -2.42. The molecule has 0 amide bonds. The molecule has 15 heavy (non-hydrogen) atoms. The standard InChI is InChI=1S/C11H14ClNOS/c1-7-11(6-14)15-10-5-8(12)3-4-9(10)13(7)2/h3-5,7,11,14H,6H2,1-2H3. The van der Waals surface area contributed by atoms with E-state index in [4.69, 9.17) is 11.6 Å². The molecule has 1 aliphatic rings. The predicted octanol–water partition coefficient (Wildman–Crippen LogP) is 2.63. The number of fused-ring (bicyclic) bond motifs is 1. The van der Waals surface area contributed by atoms with Crippen LogP contribution < -0.4 is 4.90 Å². The second-order valence-corrected chi connectivity index (χ2v) is 5.52. The van der Waals surface area contributed by atoms with Gasteiger partial charge >= 0.3 is 0 Å². The molecule has 1 aliphatic heterocycles. The summed E-state index contributed by atoms with van der Waals surface area (Å²) in [7, 11) is 2.06. The second kappa shape index (κ2) is 4.24. The van der Waals surface area contributed by atoms with Gasteiger partial charge in [0, 0.05) is 23.0 Å². The molecule has 0 saturated carbocycles. The fourth-order valence-corrected chi connectivity index (χ4v) is 3.34. The average molecular weight is 244 g/mol. The monoisotopic (exact) mass is 243 g/mol. The highest BCUT2D eigenvalue weighted by Crippen LogP contribution is 2.41. The molecule has 2 atom stereocenters. The van der Waals surface area contributed by atoms with Gasteiger partial charge in [0.25, 0.3) is 0 Å². The number of anilines is 1. The number of thioether (sulfide) groups is 1. The summed E-state index contributed by atoms with van der Waals surface area (Å²) >= 11 is 7.66. The molecule has 1 N–H and O–H groups in total. The molecule has 0 aliphatic carbocycles. The van der Waals surface area contributed by atoms with E-state index in [-0.39, 0.29) is 11.9 Å². The number of benzene rings is 1. The van der Waals surface area contributed by atoms with E-state index in [9.17, 15) is 5.11 Å². The Kier molecular flexibility index (Phi) is 3.14. The van der Waals surface area contributed by atoms with E-state index in [1.807, 2.05) is 18.2 Å². The molecule has 0 bridgehead atoms. The van der Waals surface area contributed by atoms with Crippen LogP contribution in [0.5, 0.6) is 0 Å². The van der Waals surface area contributed by atoms with Gasteiger partial charge in [-0.05, 0) is 25.1 Å². The molecule has 82 valence electrons. The van der Waals surface area contributed by atoms with Crippen molar-refractivity contribution in [2.75, 3.05) is 18.6 Å². The van der Waals surface area contributed by atoms with Crippen molar-refractivity contribution in [2.45, 2.75) is 23.1 Å². The van der Waals surface area contributed by atoms with Crippen molar-refractivity contribution in [3.63, 3.8) is 0 Å². The molecule has 4 heteroatoms. The lowest BCUT2D eigenvalue weighted by atomic mass is 10.1. The van der Waals surface area contributed by atoms with E-state index in [1.165, 1.54) is 5.69 Å². The van der Waals surface area contributed by atoms with Gasteiger partial charge in [-0.15, -0.1) is 11.8 Å². The van der Waals surface area contributed by atoms with Crippen molar-refractivity contribution in [3.8, 4) is 0 Å². The molecule has 0 saturated heterocycles. The first kappa shape index (κ1) is 11.1. The molecule has 0 spiro atoms. The van der Waals surface area contributed by atoms with Crippen LogP contribution in [-0.2, 0) is 0 Å². The van der Waals surface area contributed by atoms with Crippen molar-refractivity contribution in [3.05, 3.63) is 23.2 Å². The Morgan fingerprint density at radius 3 is 2.93 bits per heavy atom. The van der Waals surface area contributed by atoms with Gasteiger partial charge in [-0.25, -0.2) is 0 Å². The summed E-state index contributed by atoms with van der Waals surface area (Å²) in [5, 5.41) is 10.3. The molecule has 1 aromatic rings. The van der Waals surface area contributed by atoms with E-state index in [2.05, 4.69) is 18.9 Å². The molecule has 2 unspecified atom stereocenters. The number of aliphatic hydroxyl groups excluding tert-OH is 1. The zero-order valence-corrected chi connectivity index (χ0v) is 10.3. The molecule has 0 aromatic heterocycles. The summed E-state index contributed by atoms with van der Waals surface area (Å²) in [5.74, 6) is 0. The first-order chi connectivity index (χ1) is 7.13. The Hall–Kier alpha value is -0.380. The third kappa shape index (κ3) is 1.96. The van der Waals surface area contributed by atoms with E-state index in [0.717, 1.165) is 9.92 Å². The molecular weight excluding hydrogens is 230 g/mol. The van der Waals surface area contributed by atoms with Gasteiger partial charge in [0.05, 0.1) is 17.5 Å². The minimum absolute atomic E-state index is 0.197. The Labute approximate surface area is 99.2 Å². The smallest absolute Gasteiger partial charge is 0.0573 e. The minimum Gasteiger partial charge on any atom is -0.395 e. The second-order valence-electron chi connectivity index (χ2n) is 3.80. The lowest BCUT2D eigenvalue weighted by molar-refractivity contribution is 0.282. The van der Waals surface area contributed by atoms with Gasteiger partial charge in [-0.2, -0.15) is 0 Å². The van der Waals surface area contributed by atoms with Crippen LogP contribution in [-0.4, -0.2) is 30.1 Å². The van der Waals surface area contributed by atoms with Crippen LogP contribution in [0.4, 0.5) is 5.69 Å². The van der Waals surface area contributed by atoms with Crippen molar-refractivity contribution in [1.82, 2.24) is 0 Å². The van der Waals surface area contributed by atoms with Crippen molar-refractivity contribution >= 4 is 29.1 Å². The molecule has 0 fully saturated rings. The third-order valence-corrected chi connectivity index (χ3v) is 4.57. The quantitative estimate of drug-likeness (QED) is 0.820. The van der Waals surface area contributed by atoms with Crippen molar-refractivity contribution in [1.29, 1.82) is 0 Å². The number of rotatable bonds is 1. The summed E-state index contributed by atoms with van der Waals surface area (Å²) < 4.78 is 0. The fourth-order valence-electron chi connectivity index (χ4n) is 1.79. The minimum atomic E-state index is 0.197. The Morgan fingerprint density at radius 1 is 1.53 bits per heavy atom. The highest BCUT2D eigenvalue weighted by atomic mass is 35.5. The molecule has 0 radical (unpaired) electrons. The third-order valence-electron chi connectivity index (χ3n) is 2.91. The van der Waals surface area contributed by atoms with Crippen molar-refractivity contribution < 1.29 is 5.11 Å². The van der Waals surface area contributed by atoms with Crippen LogP contribution in [0.2, 0.25) is 5.02 Å². The van der Waals surface area contributed by atoms with Crippen molar-refractivity contribution in [2.24, 2.45) is 0 Å². The summed E-state index contributed by atoms with van der Waals surface area (Å²) in [6.07, 6.45) is 0. The summed E-state index contributed by atoms with van der Waals surface area (Å²) in [6, 6.07) is 6.25. The van der Waals surface area contributed by atoms with Gasteiger partial charge in [0.1, 0.15) is 0 Å². The van der Waals surface area contributed by atoms with Gasteiger partial charge in [0.2, 0.25) is 0 Å². The average Bonchev–Trinajstić information content (AvgIpc) is 2.23. The Morgan fingerprint density at radius 2 is 2.27 bits per heavy atom. The zero-order chi connectivity index (χ0) is 11.0. The van der Waals surface area contributed by atoms with Crippen LogP contribution in [0.1, 0.15) is 6.92 Å². The van der Waals surface area contributed by atoms with E-state index in [1.54, 1.807) is 11.8 Å². The predicted molar refractivity (Wildman–Crippen MR) is 66.0 cm³/mol. The normalized spacial score (nSPS) is 25.2. The summed E-state index contributed by atoms with van der Waals surface area (Å²) in [5.41, 5.74) is 1.20. The maximum atomic E-state index is 9.29. The topological polar surface area (TPSA) is 23.5 Å². The molecule has 2 rings (SSSR count). The Balaban J connectivity index is 2.40. The number of aliphatic hydroxyl groups is 1. The van der Waals surface area contributed by atoms with Crippen LogP contribution in [0.3, 0.4) is 0 Å². The van der Waals surface area contributed by atoms with Gasteiger partial charge < -0.3 is 10.0 Å². The zero-order valence-electron chi connectivity index (χ0n) is 8.77. The number of hydrogen-bond acceptors (Lipinski definition) is 3. The largest absolute Gasteiger partial charge is 0.395 e. The molecule has 2 nitrogen and oxygen atoms in total. The van der Waals surface area contributed by atoms with E-state index < -0.39 is 0 Å². The maximum absolute atomic E-state index is 9.29. The SMILES string of the molecule is CC1C(CO)Sc2cc(Cl)ccc2N1C. The maximum Gasteiger partial charge on any atom is 0.0573 e. The summed E-state index contributed by atoms with van der Waals surface area (Å²) in [4.78, 5) is 3.35. The van der Waals surface area contributed by atoms with Crippen LogP contribution in [0.15, 0.2) is 23.1 Å². The van der Waals surface area contributed by atoms with Crippen LogP contribution in [0, 0.1) is 0 Å². The molecule has 1 heterocycles. The van der Waals surface area contributed by atoms with Gasteiger partial charge in [-0.3, -0.25) is 0 Å². The van der Waals surface area contributed by atoms with Gasteiger partial charge in [-0.1, -0.05) is 11.6 Å². The van der Waals surface area contributed by atoms with E-state index >= 15 is 0 Å². The highest BCUT2D eigenvalue weighted by molar-refractivity contribution is 8.00. The number of nitrogens with zero attached hydrogens (tertiary/aromatic N) is 1. The Bertz CT molecular complexity index is 372. The van der Waals surface area contributed by atoms with Crippen LogP contribution >= 0.6 is 23.4 Å². The summed E-state index contributed by atoms with van der Waals surface area (Å²) in [6.45, 7) is 2.33. The molecular formula is C11H14ClNOS. The molecule has 1 aromatic carbocycles. The van der Waals surface area contributed by atoms with E-state index in [0.29, 0.717) is 6.04 Å².